The van der Waals surface area contributed by atoms with Crippen LogP contribution in [-0.4, -0.2) is 18.1 Å². The Bertz CT molecular complexity index is 121. The molecule has 1 unspecified atom stereocenters. The molecule has 0 bridgehead atoms. The summed E-state index contributed by atoms with van der Waals surface area (Å²) in [4.78, 5) is 10.9. The number of esters is 1. The van der Waals surface area contributed by atoms with Crippen molar-refractivity contribution in [2.45, 2.75) is 45.8 Å². The van der Waals surface area contributed by atoms with Crippen LogP contribution in [0.5, 0.6) is 0 Å². The molecule has 1 atom stereocenters. The first-order chi connectivity index (χ1) is 5.02. The summed E-state index contributed by atoms with van der Waals surface area (Å²) in [5.74, 6) is -0.155. The third-order valence-corrected chi connectivity index (χ3v) is 1.17. The zero-order valence-electron chi connectivity index (χ0n) is 7.46. The molecular weight excluding hydrogens is 142 g/mol. The maximum atomic E-state index is 10.9. The quantitative estimate of drug-likeness (QED) is 0.624. The molecule has 0 aromatic rings. The molecule has 0 aromatic carbocycles. The largest absolute Gasteiger partial charge is 0.463 e. The number of carbonyl (C=O) groups is 1. The molecule has 2 N–H and O–H groups in total. The summed E-state index contributed by atoms with van der Waals surface area (Å²) in [7, 11) is 0. The van der Waals surface area contributed by atoms with Gasteiger partial charge in [-0.15, -0.1) is 0 Å². The molecule has 3 heteroatoms. The Morgan fingerprint density at radius 3 is 2.36 bits per heavy atom. The van der Waals surface area contributed by atoms with Crippen molar-refractivity contribution in [2.75, 3.05) is 0 Å². The minimum atomic E-state index is -0.155. The molecule has 0 spiro atoms. The first kappa shape index (κ1) is 10.4. The predicted octanol–water partition coefficient (Wildman–Crippen LogP) is 1.07. The lowest BCUT2D eigenvalue weighted by Crippen LogP contribution is -2.18. The van der Waals surface area contributed by atoms with E-state index in [-0.39, 0.29) is 18.1 Å². The molecule has 11 heavy (non-hydrogen) atoms. The van der Waals surface area contributed by atoms with Gasteiger partial charge in [0.05, 0.1) is 6.10 Å². The number of hydrogen-bond donors (Lipinski definition) is 1. The standard InChI is InChI=1S/C8H17NO2/c1-6(2)11-8(10)5-4-7(3)9/h6-7H,4-5,9H2,1-3H3. The molecule has 66 valence electrons. The van der Waals surface area contributed by atoms with E-state index in [2.05, 4.69) is 0 Å². The summed E-state index contributed by atoms with van der Waals surface area (Å²) in [6.45, 7) is 5.55. The Hall–Kier alpha value is -0.570. The van der Waals surface area contributed by atoms with Crippen molar-refractivity contribution in [3.63, 3.8) is 0 Å². The summed E-state index contributed by atoms with van der Waals surface area (Å²) < 4.78 is 4.91. The topological polar surface area (TPSA) is 52.3 Å². The van der Waals surface area contributed by atoms with Crippen molar-refractivity contribution in [2.24, 2.45) is 5.73 Å². The second-order valence-corrected chi connectivity index (χ2v) is 3.05. The van der Waals surface area contributed by atoms with Gasteiger partial charge in [0.2, 0.25) is 0 Å². The molecule has 0 rings (SSSR count). The smallest absolute Gasteiger partial charge is 0.306 e. The van der Waals surface area contributed by atoms with E-state index in [4.69, 9.17) is 10.5 Å². The van der Waals surface area contributed by atoms with Crippen LogP contribution in [0.3, 0.4) is 0 Å². The Kier molecular flexibility index (Phi) is 4.86. The number of carbonyl (C=O) groups excluding carboxylic acids is 1. The second kappa shape index (κ2) is 5.13. The van der Waals surface area contributed by atoms with Crippen molar-refractivity contribution in [3.8, 4) is 0 Å². The highest BCUT2D eigenvalue weighted by atomic mass is 16.5. The molecule has 3 nitrogen and oxygen atoms in total. The van der Waals surface area contributed by atoms with Crippen molar-refractivity contribution in [1.29, 1.82) is 0 Å². The normalized spacial score (nSPS) is 13.2. The van der Waals surface area contributed by atoms with E-state index >= 15 is 0 Å². The summed E-state index contributed by atoms with van der Waals surface area (Å²) >= 11 is 0. The highest BCUT2D eigenvalue weighted by Gasteiger charge is 2.05. The maximum Gasteiger partial charge on any atom is 0.306 e. The number of nitrogens with two attached hydrogens (primary N) is 1. The van der Waals surface area contributed by atoms with Crippen LogP contribution in [0.15, 0.2) is 0 Å². The Morgan fingerprint density at radius 2 is 2.00 bits per heavy atom. The maximum absolute atomic E-state index is 10.9. The summed E-state index contributed by atoms with van der Waals surface area (Å²) in [5.41, 5.74) is 5.46. The van der Waals surface area contributed by atoms with Gasteiger partial charge >= 0.3 is 5.97 Å². The number of ether oxygens (including phenoxy) is 1. The SMILES string of the molecule is CC(N)CCC(=O)OC(C)C. The fourth-order valence-electron chi connectivity index (χ4n) is 0.667. The fourth-order valence-corrected chi connectivity index (χ4v) is 0.667. The van der Waals surface area contributed by atoms with Crippen molar-refractivity contribution < 1.29 is 9.53 Å². The average molecular weight is 159 g/mol. The van der Waals surface area contributed by atoms with E-state index in [0.29, 0.717) is 12.8 Å². The summed E-state index contributed by atoms with van der Waals surface area (Å²) in [5, 5.41) is 0. The van der Waals surface area contributed by atoms with Gasteiger partial charge in [-0.2, -0.15) is 0 Å². The lowest BCUT2D eigenvalue weighted by molar-refractivity contribution is -0.147. The fraction of sp³-hybridized carbons (Fsp3) is 0.875. The van der Waals surface area contributed by atoms with Gasteiger partial charge in [0.15, 0.2) is 0 Å². The van der Waals surface area contributed by atoms with Crippen LogP contribution in [0, 0.1) is 0 Å². The minimum Gasteiger partial charge on any atom is -0.463 e. The molecule has 0 saturated heterocycles. The zero-order valence-corrected chi connectivity index (χ0v) is 7.46. The van der Waals surface area contributed by atoms with Crippen LogP contribution in [0.4, 0.5) is 0 Å². The highest BCUT2D eigenvalue weighted by molar-refractivity contribution is 5.69. The Labute approximate surface area is 67.9 Å². The van der Waals surface area contributed by atoms with Gasteiger partial charge in [-0.1, -0.05) is 0 Å². The van der Waals surface area contributed by atoms with Crippen LogP contribution in [0.1, 0.15) is 33.6 Å². The predicted molar refractivity (Wildman–Crippen MR) is 44.1 cm³/mol. The molecule has 0 aliphatic heterocycles. The van der Waals surface area contributed by atoms with Crippen molar-refractivity contribution >= 4 is 5.97 Å². The van der Waals surface area contributed by atoms with Crippen LogP contribution in [0.25, 0.3) is 0 Å². The van der Waals surface area contributed by atoms with E-state index in [9.17, 15) is 4.79 Å². The monoisotopic (exact) mass is 159 g/mol. The summed E-state index contributed by atoms with van der Waals surface area (Å²) in [6.07, 6.45) is 1.11. The molecular formula is C8H17NO2. The average Bonchev–Trinajstić information content (AvgIpc) is 1.82. The number of rotatable bonds is 4. The van der Waals surface area contributed by atoms with Gasteiger partial charge in [-0.05, 0) is 27.2 Å². The van der Waals surface area contributed by atoms with E-state index in [1.54, 1.807) is 0 Å². The number of hydrogen-bond acceptors (Lipinski definition) is 3. The molecule has 0 aromatic heterocycles. The first-order valence-electron chi connectivity index (χ1n) is 3.97. The van der Waals surface area contributed by atoms with Crippen LogP contribution >= 0.6 is 0 Å². The zero-order chi connectivity index (χ0) is 8.85. The third kappa shape index (κ3) is 7.33. The Balaban J connectivity index is 3.38. The van der Waals surface area contributed by atoms with E-state index in [1.165, 1.54) is 0 Å². The lowest BCUT2D eigenvalue weighted by atomic mass is 10.2. The Morgan fingerprint density at radius 1 is 1.45 bits per heavy atom. The van der Waals surface area contributed by atoms with Crippen molar-refractivity contribution in [1.82, 2.24) is 0 Å². The molecule has 0 heterocycles. The lowest BCUT2D eigenvalue weighted by Gasteiger charge is -2.08. The van der Waals surface area contributed by atoms with E-state index < -0.39 is 0 Å². The highest BCUT2D eigenvalue weighted by Crippen LogP contribution is 1.98. The van der Waals surface area contributed by atoms with Crippen LogP contribution < -0.4 is 5.73 Å². The van der Waals surface area contributed by atoms with E-state index in [0.717, 1.165) is 0 Å². The molecule has 0 fully saturated rings. The minimum absolute atomic E-state index is 0.0180. The molecule has 0 radical (unpaired) electrons. The molecule has 0 saturated carbocycles. The van der Waals surface area contributed by atoms with Gasteiger partial charge in [0.25, 0.3) is 0 Å². The summed E-state index contributed by atoms with van der Waals surface area (Å²) in [6, 6.07) is 0.0784. The van der Waals surface area contributed by atoms with Gasteiger partial charge in [0, 0.05) is 12.5 Å². The second-order valence-electron chi connectivity index (χ2n) is 3.05. The molecule has 0 aliphatic carbocycles. The van der Waals surface area contributed by atoms with Gasteiger partial charge in [-0.3, -0.25) is 4.79 Å². The van der Waals surface area contributed by atoms with Gasteiger partial charge in [-0.25, -0.2) is 0 Å². The molecule has 0 aliphatic rings. The first-order valence-corrected chi connectivity index (χ1v) is 3.97. The third-order valence-electron chi connectivity index (χ3n) is 1.17. The van der Waals surface area contributed by atoms with Crippen LogP contribution in [-0.2, 0) is 9.53 Å². The van der Waals surface area contributed by atoms with Crippen molar-refractivity contribution in [3.05, 3.63) is 0 Å². The van der Waals surface area contributed by atoms with Crippen LogP contribution in [0.2, 0.25) is 0 Å². The molecule has 0 amide bonds. The van der Waals surface area contributed by atoms with Gasteiger partial charge < -0.3 is 10.5 Å². The van der Waals surface area contributed by atoms with Gasteiger partial charge in [0.1, 0.15) is 0 Å². The van der Waals surface area contributed by atoms with E-state index in [1.807, 2.05) is 20.8 Å².